The Labute approximate surface area is 84.6 Å². The molecular formula is C11H17NO2. The Bertz CT molecular complexity index is 308. The third-order valence-electron chi connectivity index (χ3n) is 1.69. The lowest BCUT2D eigenvalue weighted by Gasteiger charge is -2.01. The average molecular weight is 195 g/mol. The fourth-order valence-corrected chi connectivity index (χ4v) is 1.02. The third-order valence-corrected chi connectivity index (χ3v) is 1.69. The van der Waals surface area contributed by atoms with Crippen molar-refractivity contribution in [1.29, 1.82) is 0 Å². The minimum absolute atomic E-state index is 0.0567. The summed E-state index contributed by atoms with van der Waals surface area (Å²) in [4.78, 5) is 10.3. The van der Waals surface area contributed by atoms with E-state index in [-0.39, 0.29) is 6.42 Å². The van der Waals surface area contributed by atoms with Crippen LogP contribution in [-0.4, -0.2) is 11.1 Å². The zero-order valence-corrected chi connectivity index (χ0v) is 8.87. The number of carbonyl (C=O) groups is 1. The van der Waals surface area contributed by atoms with Crippen molar-refractivity contribution < 1.29 is 9.90 Å². The smallest absolute Gasteiger partial charge is 0.307 e. The van der Waals surface area contributed by atoms with Gasteiger partial charge in [0, 0.05) is 5.69 Å². The monoisotopic (exact) mass is 195 g/mol. The summed E-state index contributed by atoms with van der Waals surface area (Å²) >= 11 is 0. The molecule has 1 aromatic rings. The highest BCUT2D eigenvalue weighted by molar-refractivity contribution is 5.70. The van der Waals surface area contributed by atoms with Gasteiger partial charge in [0.1, 0.15) is 0 Å². The number of rotatable bonds is 2. The summed E-state index contributed by atoms with van der Waals surface area (Å²) in [7, 11) is 0. The second-order valence-corrected chi connectivity index (χ2v) is 2.76. The Morgan fingerprint density at radius 1 is 1.43 bits per heavy atom. The van der Waals surface area contributed by atoms with Crippen molar-refractivity contribution in [2.75, 3.05) is 5.73 Å². The van der Waals surface area contributed by atoms with E-state index >= 15 is 0 Å². The van der Waals surface area contributed by atoms with Gasteiger partial charge in [-0.3, -0.25) is 4.79 Å². The van der Waals surface area contributed by atoms with E-state index in [2.05, 4.69) is 0 Å². The average Bonchev–Trinajstić information content (AvgIpc) is 2.14. The molecule has 0 spiro atoms. The van der Waals surface area contributed by atoms with Crippen molar-refractivity contribution in [3.05, 3.63) is 29.3 Å². The highest BCUT2D eigenvalue weighted by atomic mass is 16.4. The van der Waals surface area contributed by atoms with Crippen LogP contribution in [0, 0.1) is 6.92 Å². The molecule has 3 N–H and O–H groups in total. The zero-order valence-electron chi connectivity index (χ0n) is 8.87. The van der Waals surface area contributed by atoms with Gasteiger partial charge in [-0.25, -0.2) is 0 Å². The fourth-order valence-electron chi connectivity index (χ4n) is 1.02. The van der Waals surface area contributed by atoms with Gasteiger partial charge >= 0.3 is 5.97 Å². The van der Waals surface area contributed by atoms with Crippen LogP contribution in [0.4, 0.5) is 5.69 Å². The highest BCUT2D eigenvalue weighted by Crippen LogP contribution is 2.12. The van der Waals surface area contributed by atoms with Crippen LogP contribution in [0.15, 0.2) is 18.2 Å². The molecule has 1 rings (SSSR count). The highest BCUT2D eigenvalue weighted by Gasteiger charge is 2.01. The first-order valence-electron chi connectivity index (χ1n) is 4.66. The van der Waals surface area contributed by atoms with Gasteiger partial charge in [0.05, 0.1) is 6.42 Å². The second-order valence-electron chi connectivity index (χ2n) is 2.76. The molecule has 0 atom stereocenters. The van der Waals surface area contributed by atoms with Crippen LogP contribution in [0.5, 0.6) is 0 Å². The first-order valence-corrected chi connectivity index (χ1v) is 4.66. The number of aliphatic carboxylic acids is 1. The number of carboxylic acids is 1. The molecule has 14 heavy (non-hydrogen) atoms. The van der Waals surface area contributed by atoms with Crippen molar-refractivity contribution in [2.24, 2.45) is 0 Å². The van der Waals surface area contributed by atoms with Crippen molar-refractivity contribution in [3.8, 4) is 0 Å². The standard InChI is InChI=1S/C9H11NO2.C2H6/c1-6-4-7(5-9(11)12)2-3-8(6)10;1-2/h2-4H,5,10H2,1H3,(H,11,12);1-2H3. The summed E-state index contributed by atoms with van der Waals surface area (Å²) in [5.41, 5.74) is 7.98. The first-order chi connectivity index (χ1) is 6.59. The van der Waals surface area contributed by atoms with E-state index in [9.17, 15) is 4.79 Å². The van der Waals surface area contributed by atoms with Crippen LogP contribution < -0.4 is 5.73 Å². The van der Waals surface area contributed by atoms with Gasteiger partial charge in [0.25, 0.3) is 0 Å². The van der Waals surface area contributed by atoms with Crippen molar-refractivity contribution in [3.63, 3.8) is 0 Å². The van der Waals surface area contributed by atoms with Crippen LogP contribution in [0.1, 0.15) is 25.0 Å². The van der Waals surface area contributed by atoms with Crippen molar-refractivity contribution in [1.82, 2.24) is 0 Å². The molecule has 0 radical (unpaired) electrons. The molecule has 1 aromatic carbocycles. The Kier molecular flexibility index (Phi) is 5.37. The number of anilines is 1. The molecule has 0 bridgehead atoms. The van der Waals surface area contributed by atoms with Gasteiger partial charge in [-0.05, 0) is 24.1 Å². The van der Waals surface area contributed by atoms with Gasteiger partial charge in [-0.1, -0.05) is 26.0 Å². The molecule has 0 aliphatic heterocycles. The molecule has 0 fully saturated rings. The molecule has 0 heterocycles. The normalized spacial score (nSPS) is 8.79. The van der Waals surface area contributed by atoms with Gasteiger partial charge < -0.3 is 10.8 Å². The predicted molar refractivity (Wildman–Crippen MR) is 58.3 cm³/mol. The second kappa shape index (κ2) is 6.02. The Morgan fingerprint density at radius 3 is 2.43 bits per heavy atom. The summed E-state index contributed by atoms with van der Waals surface area (Å²) in [6.45, 7) is 5.86. The topological polar surface area (TPSA) is 63.3 Å². The van der Waals surface area contributed by atoms with Gasteiger partial charge in [0.15, 0.2) is 0 Å². The third kappa shape index (κ3) is 3.94. The Morgan fingerprint density at radius 2 is 2.00 bits per heavy atom. The SMILES string of the molecule is CC.Cc1cc(CC(=O)O)ccc1N. The lowest BCUT2D eigenvalue weighted by molar-refractivity contribution is -0.136. The lowest BCUT2D eigenvalue weighted by Crippen LogP contribution is -2.00. The zero-order chi connectivity index (χ0) is 11.1. The van der Waals surface area contributed by atoms with Crippen molar-refractivity contribution in [2.45, 2.75) is 27.2 Å². The molecular weight excluding hydrogens is 178 g/mol. The summed E-state index contributed by atoms with van der Waals surface area (Å²) in [5.74, 6) is -0.820. The molecule has 3 heteroatoms. The van der Waals surface area contributed by atoms with Crippen LogP contribution >= 0.6 is 0 Å². The van der Waals surface area contributed by atoms with Crippen LogP contribution in [0.25, 0.3) is 0 Å². The largest absolute Gasteiger partial charge is 0.481 e. The molecule has 3 nitrogen and oxygen atoms in total. The van der Waals surface area contributed by atoms with Crippen LogP contribution in [-0.2, 0) is 11.2 Å². The van der Waals surface area contributed by atoms with E-state index in [4.69, 9.17) is 10.8 Å². The molecule has 0 aromatic heterocycles. The fraction of sp³-hybridized carbons (Fsp3) is 0.364. The maximum absolute atomic E-state index is 10.3. The molecule has 0 aliphatic rings. The number of benzene rings is 1. The summed E-state index contributed by atoms with van der Waals surface area (Å²) in [6.07, 6.45) is 0.0567. The van der Waals surface area contributed by atoms with E-state index in [1.165, 1.54) is 0 Å². The van der Waals surface area contributed by atoms with Crippen LogP contribution in [0.2, 0.25) is 0 Å². The van der Waals surface area contributed by atoms with Crippen molar-refractivity contribution >= 4 is 11.7 Å². The van der Waals surface area contributed by atoms with E-state index < -0.39 is 5.97 Å². The number of carboxylic acid groups (broad SMARTS) is 1. The van der Waals surface area contributed by atoms with Crippen LogP contribution in [0.3, 0.4) is 0 Å². The van der Waals surface area contributed by atoms with Gasteiger partial charge in [-0.2, -0.15) is 0 Å². The molecule has 0 saturated heterocycles. The number of aryl methyl sites for hydroxylation is 1. The summed E-state index contributed by atoms with van der Waals surface area (Å²) in [5, 5.41) is 8.50. The predicted octanol–water partition coefficient (Wildman–Crippen LogP) is 2.23. The minimum Gasteiger partial charge on any atom is -0.481 e. The van der Waals surface area contributed by atoms with E-state index in [0.29, 0.717) is 5.69 Å². The van der Waals surface area contributed by atoms with Gasteiger partial charge in [0.2, 0.25) is 0 Å². The maximum atomic E-state index is 10.3. The number of hydrogen-bond donors (Lipinski definition) is 2. The minimum atomic E-state index is -0.820. The molecule has 0 unspecified atom stereocenters. The van der Waals surface area contributed by atoms with E-state index in [1.807, 2.05) is 20.8 Å². The molecule has 0 aliphatic carbocycles. The Hall–Kier alpha value is -1.51. The quantitative estimate of drug-likeness (QED) is 0.711. The van der Waals surface area contributed by atoms with E-state index in [1.54, 1.807) is 18.2 Å². The summed E-state index contributed by atoms with van der Waals surface area (Å²) < 4.78 is 0. The lowest BCUT2D eigenvalue weighted by atomic mass is 10.1. The number of nitrogen functional groups attached to an aromatic ring is 1. The van der Waals surface area contributed by atoms with E-state index in [0.717, 1.165) is 11.1 Å². The molecule has 78 valence electrons. The number of hydrogen-bond acceptors (Lipinski definition) is 2. The van der Waals surface area contributed by atoms with Gasteiger partial charge in [-0.15, -0.1) is 0 Å². The maximum Gasteiger partial charge on any atom is 0.307 e. The molecule has 0 amide bonds. The first kappa shape index (κ1) is 12.5. The summed E-state index contributed by atoms with van der Waals surface area (Å²) in [6, 6.07) is 5.26. The number of nitrogens with two attached hydrogens (primary N) is 1. The Balaban J connectivity index is 0.000000791. The molecule has 0 saturated carbocycles.